The highest BCUT2D eigenvalue weighted by Crippen LogP contribution is 1.95. The van der Waals surface area contributed by atoms with Gasteiger partial charge in [0, 0.05) is 11.6 Å². The summed E-state index contributed by atoms with van der Waals surface area (Å²) in [7, 11) is -2.96. The van der Waals surface area contributed by atoms with Crippen molar-refractivity contribution in [3.05, 3.63) is 11.5 Å². The monoisotopic (exact) mass is 131 g/mol. The third-order valence-electron chi connectivity index (χ3n) is 0.732. The van der Waals surface area contributed by atoms with Crippen LogP contribution >= 0.6 is 0 Å². The van der Waals surface area contributed by atoms with E-state index in [0.29, 0.717) is 0 Å². The summed E-state index contributed by atoms with van der Waals surface area (Å²) in [6.45, 7) is 0. The molecule has 8 heavy (non-hydrogen) atoms. The molecule has 0 fully saturated rings. The minimum absolute atomic E-state index is 0.0938. The topological polar surface area (TPSA) is 46.5 Å². The summed E-state index contributed by atoms with van der Waals surface area (Å²) in [5.41, 5.74) is 0. The van der Waals surface area contributed by atoms with Crippen LogP contribution in [0.4, 0.5) is 0 Å². The molecule has 0 aromatic rings. The van der Waals surface area contributed by atoms with Crippen LogP contribution in [0.3, 0.4) is 0 Å². The second-order valence-corrected chi connectivity index (χ2v) is 3.31. The Bertz CT molecular complexity index is 224. The summed E-state index contributed by atoms with van der Waals surface area (Å²) in [5, 5.41) is 1.15. The van der Waals surface area contributed by atoms with Gasteiger partial charge in [0.25, 0.3) is 0 Å². The van der Waals surface area contributed by atoms with Crippen LogP contribution in [-0.2, 0) is 9.84 Å². The molecule has 0 aliphatic carbocycles. The van der Waals surface area contributed by atoms with E-state index >= 15 is 0 Å². The van der Waals surface area contributed by atoms with E-state index in [1.165, 1.54) is 12.3 Å². The van der Waals surface area contributed by atoms with Crippen LogP contribution in [0.25, 0.3) is 0 Å². The molecule has 0 spiro atoms. The Labute approximate surface area is 47.7 Å². The van der Waals surface area contributed by atoms with E-state index in [4.69, 9.17) is 0 Å². The van der Waals surface area contributed by atoms with Crippen LogP contribution in [0.2, 0.25) is 0 Å². The number of allylic oxidation sites excluding steroid dienone is 1. The van der Waals surface area contributed by atoms with Crippen molar-refractivity contribution in [2.24, 2.45) is 4.99 Å². The van der Waals surface area contributed by atoms with Gasteiger partial charge in [0.05, 0.1) is 0 Å². The van der Waals surface area contributed by atoms with Gasteiger partial charge in [-0.1, -0.05) is 0 Å². The highest BCUT2D eigenvalue weighted by molar-refractivity contribution is 7.94. The van der Waals surface area contributed by atoms with Crippen molar-refractivity contribution in [2.45, 2.75) is 0 Å². The zero-order valence-electron chi connectivity index (χ0n) is 4.11. The van der Waals surface area contributed by atoms with Gasteiger partial charge >= 0.3 is 0 Å². The van der Waals surface area contributed by atoms with Gasteiger partial charge in [-0.05, 0) is 6.08 Å². The van der Waals surface area contributed by atoms with E-state index in [1.54, 1.807) is 0 Å². The van der Waals surface area contributed by atoms with Gasteiger partial charge in [-0.2, -0.15) is 0 Å². The maximum Gasteiger partial charge on any atom is 0.191 e. The molecule has 1 heterocycles. The molecule has 0 saturated carbocycles. The lowest BCUT2D eigenvalue weighted by atomic mass is 10.7. The molecule has 4 heteroatoms. The molecule has 0 saturated heterocycles. The lowest BCUT2D eigenvalue weighted by molar-refractivity contribution is 0.605. The fraction of sp³-hybridized carbons (Fsp3) is 0.250. The fourth-order valence-corrected chi connectivity index (χ4v) is 1.10. The maximum absolute atomic E-state index is 10.4. The third kappa shape index (κ3) is 1.16. The van der Waals surface area contributed by atoms with Gasteiger partial charge in [0.2, 0.25) is 0 Å². The van der Waals surface area contributed by atoms with Gasteiger partial charge < -0.3 is 0 Å². The molecule has 0 radical (unpaired) electrons. The second-order valence-electron chi connectivity index (χ2n) is 1.45. The molecule has 0 atom stereocenters. The predicted molar refractivity (Wildman–Crippen MR) is 31.4 cm³/mol. The first kappa shape index (κ1) is 5.50. The summed E-state index contributed by atoms with van der Waals surface area (Å²) < 4.78 is 20.9. The number of nitrogens with zero attached hydrogens (tertiary/aromatic N) is 1. The van der Waals surface area contributed by atoms with Gasteiger partial charge in [0.15, 0.2) is 9.84 Å². The lowest BCUT2D eigenvalue weighted by Gasteiger charge is -1.93. The van der Waals surface area contributed by atoms with E-state index in [-0.39, 0.29) is 5.88 Å². The van der Waals surface area contributed by atoms with Crippen LogP contribution in [-0.4, -0.2) is 20.5 Å². The molecule has 0 bridgehead atoms. The molecule has 3 nitrogen and oxygen atoms in total. The first-order valence-corrected chi connectivity index (χ1v) is 3.81. The first-order valence-electron chi connectivity index (χ1n) is 2.10. The van der Waals surface area contributed by atoms with Crippen LogP contribution in [0.1, 0.15) is 0 Å². The molecule has 1 aliphatic rings. The molecule has 0 unspecified atom stereocenters. The maximum atomic E-state index is 10.4. The lowest BCUT2D eigenvalue weighted by Crippen LogP contribution is -2.02. The molecule has 44 valence electrons. The zero-order valence-corrected chi connectivity index (χ0v) is 4.93. The van der Waals surface area contributed by atoms with E-state index < -0.39 is 9.84 Å². The van der Waals surface area contributed by atoms with Crippen molar-refractivity contribution in [1.29, 1.82) is 0 Å². The zero-order chi connectivity index (χ0) is 6.04. The van der Waals surface area contributed by atoms with Crippen molar-refractivity contribution < 1.29 is 8.42 Å². The van der Waals surface area contributed by atoms with Gasteiger partial charge in [-0.3, -0.25) is 4.99 Å². The Morgan fingerprint density at radius 2 is 2.25 bits per heavy atom. The normalized spacial score (nSPS) is 23.5. The van der Waals surface area contributed by atoms with Crippen LogP contribution < -0.4 is 0 Å². The molecular weight excluding hydrogens is 126 g/mol. The summed E-state index contributed by atoms with van der Waals surface area (Å²) in [5.74, 6) is -0.0938. The SMILES string of the molecule is O=S1(=O)C=CC=NC1. The van der Waals surface area contributed by atoms with Gasteiger partial charge in [0.1, 0.15) is 5.88 Å². The molecule has 1 rings (SSSR count). The van der Waals surface area contributed by atoms with Crippen molar-refractivity contribution in [2.75, 3.05) is 5.88 Å². The van der Waals surface area contributed by atoms with Crippen molar-refractivity contribution in [3.63, 3.8) is 0 Å². The largest absolute Gasteiger partial charge is 0.277 e. The summed E-state index contributed by atoms with van der Waals surface area (Å²) in [6.07, 6.45) is 2.89. The number of hydrogen-bond acceptors (Lipinski definition) is 3. The minimum atomic E-state index is -2.96. The Morgan fingerprint density at radius 1 is 1.50 bits per heavy atom. The van der Waals surface area contributed by atoms with Crippen LogP contribution in [0.5, 0.6) is 0 Å². The molecule has 0 amide bonds. The Balaban J connectivity index is 2.98. The van der Waals surface area contributed by atoms with Gasteiger partial charge in [-0.25, -0.2) is 8.42 Å². The highest BCUT2D eigenvalue weighted by atomic mass is 32.2. The van der Waals surface area contributed by atoms with E-state index in [9.17, 15) is 8.42 Å². The average molecular weight is 131 g/mol. The summed E-state index contributed by atoms with van der Waals surface area (Å²) in [4.78, 5) is 3.53. The quantitative estimate of drug-likeness (QED) is 0.463. The third-order valence-corrected chi connectivity index (χ3v) is 1.81. The smallest absolute Gasteiger partial charge is 0.191 e. The first-order chi connectivity index (χ1) is 3.71. The number of sulfone groups is 1. The molecule has 0 aromatic heterocycles. The molecule has 0 N–H and O–H groups in total. The van der Waals surface area contributed by atoms with E-state index in [1.807, 2.05) is 0 Å². The summed E-state index contributed by atoms with van der Waals surface area (Å²) >= 11 is 0. The average Bonchev–Trinajstić information content (AvgIpc) is 1.65. The second kappa shape index (κ2) is 1.70. The number of rotatable bonds is 0. The number of hydrogen-bond donors (Lipinski definition) is 0. The Kier molecular flexibility index (Phi) is 1.17. The standard InChI is InChI=1S/C4H5NO2S/c6-8(7)3-1-2-5-4-8/h1-3H,4H2. The van der Waals surface area contributed by atoms with Crippen molar-refractivity contribution in [3.8, 4) is 0 Å². The van der Waals surface area contributed by atoms with Crippen molar-refractivity contribution >= 4 is 16.1 Å². The van der Waals surface area contributed by atoms with Gasteiger partial charge in [-0.15, -0.1) is 0 Å². The molecule has 0 aromatic carbocycles. The van der Waals surface area contributed by atoms with E-state index in [0.717, 1.165) is 5.41 Å². The van der Waals surface area contributed by atoms with Crippen molar-refractivity contribution in [1.82, 2.24) is 0 Å². The highest BCUT2D eigenvalue weighted by Gasteiger charge is 2.04. The van der Waals surface area contributed by atoms with Crippen LogP contribution in [0.15, 0.2) is 16.5 Å². The predicted octanol–water partition coefficient (Wildman–Crippen LogP) is -0.0432. The Hall–Kier alpha value is -0.640. The summed E-state index contributed by atoms with van der Waals surface area (Å²) in [6, 6.07) is 0. The Morgan fingerprint density at radius 3 is 2.50 bits per heavy atom. The number of aliphatic imine (C=N–C) groups is 1. The minimum Gasteiger partial charge on any atom is -0.277 e. The molecule has 1 aliphatic heterocycles. The van der Waals surface area contributed by atoms with Crippen LogP contribution in [0, 0.1) is 0 Å². The van der Waals surface area contributed by atoms with E-state index in [2.05, 4.69) is 4.99 Å². The molecular formula is C4H5NO2S. The fourth-order valence-electron chi connectivity index (χ4n) is 0.406.